The van der Waals surface area contributed by atoms with Gasteiger partial charge in [-0.3, -0.25) is 0 Å². The van der Waals surface area contributed by atoms with Crippen molar-refractivity contribution in [1.82, 2.24) is 0 Å². The summed E-state index contributed by atoms with van der Waals surface area (Å²) in [7, 11) is 0. The van der Waals surface area contributed by atoms with Gasteiger partial charge in [-0.05, 0) is 0 Å². The van der Waals surface area contributed by atoms with Gasteiger partial charge in [0.05, 0.1) is 0 Å². The van der Waals surface area contributed by atoms with Crippen molar-refractivity contribution in [2.45, 2.75) is 0 Å². The van der Waals surface area contributed by atoms with Crippen molar-refractivity contribution in [1.29, 1.82) is 0 Å². The van der Waals surface area contributed by atoms with E-state index in [0.717, 1.165) is 0 Å². The number of halogens is 1. The van der Waals surface area contributed by atoms with E-state index in [9.17, 15) is 4.39 Å². The van der Waals surface area contributed by atoms with E-state index in [-0.39, 0.29) is 0 Å². The Balaban J connectivity index is 2.85. The maximum absolute atomic E-state index is 10.6. The third-order valence-corrected chi connectivity index (χ3v) is 0.280. The monoisotopic (exact) mass is 98.0 g/mol. The van der Waals surface area contributed by atoms with Gasteiger partial charge >= 0.3 is 0 Å². The summed E-state index contributed by atoms with van der Waals surface area (Å²) >= 11 is -2.24. The van der Waals surface area contributed by atoms with Crippen molar-refractivity contribution in [3.8, 4) is 0 Å². The molecule has 0 bridgehead atoms. The highest BCUT2D eigenvalue weighted by atomic mass is 32.2. The van der Waals surface area contributed by atoms with Crippen LogP contribution in [0.15, 0.2) is 0 Å². The van der Waals surface area contributed by atoms with Crippen molar-refractivity contribution in [3.63, 3.8) is 0 Å². The molecule has 5 heavy (non-hydrogen) atoms. The summed E-state index contributed by atoms with van der Waals surface area (Å²) in [5.74, 6) is 0. The van der Waals surface area contributed by atoms with Gasteiger partial charge in [0.1, 0.15) is 0 Å². The Morgan fingerprint density at radius 1 is 2.00 bits per heavy atom. The van der Waals surface area contributed by atoms with Crippen LogP contribution in [-0.4, -0.2) is 14.8 Å². The standard InChI is InChI=1S/CH3FO2S/c2-1-5(3)4/h1H2,(H,3,4). The van der Waals surface area contributed by atoms with Crippen LogP contribution in [-0.2, 0) is 11.1 Å². The first-order chi connectivity index (χ1) is 2.27. The molecule has 0 amide bonds. The van der Waals surface area contributed by atoms with E-state index in [0.29, 0.717) is 0 Å². The molecular formula is CH3FO2S. The number of rotatable bonds is 1. The van der Waals surface area contributed by atoms with Crippen LogP contribution in [0.3, 0.4) is 0 Å². The second-order valence-corrected chi connectivity index (χ2v) is 1.29. The molecule has 0 aromatic carbocycles. The summed E-state index contributed by atoms with van der Waals surface area (Å²) < 4.78 is 27.1. The smallest absolute Gasteiger partial charge is 0.190 e. The Hall–Kier alpha value is 0.0400. The summed E-state index contributed by atoms with van der Waals surface area (Å²) in [6.07, 6.45) is 0. The van der Waals surface area contributed by atoms with Crippen molar-refractivity contribution < 1.29 is 13.2 Å². The quantitative estimate of drug-likeness (QED) is 0.473. The molecule has 0 saturated heterocycles. The van der Waals surface area contributed by atoms with E-state index < -0.39 is 17.1 Å². The minimum absolute atomic E-state index is 1.17. The van der Waals surface area contributed by atoms with Gasteiger partial charge in [-0.1, -0.05) is 0 Å². The van der Waals surface area contributed by atoms with E-state index in [2.05, 4.69) is 0 Å². The molecule has 0 spiro atoms. The first-order valence-electron chi connectivity index (χ1n) is 0.905. The summed E-state index contributed by atoms with van der Waals surface area (Å²) in [6, 6.07) is -1.17. The SMILES string of the molecule is O=S(O)CF. The van der Waals surface area contributed by atoms with Crippen LogP contribution in [0.1, 0.15) is 0 Å². The molecule has 0 radical (unpaired) electrons. The summed E-state index contributed by atoms with van der Waals surface area (Å²) in [6.45, 7) is 0. The van der Waals surface area contributed by atoms with Crippen molar-refractivity contribution in [2.75, 3.05) is 6.01 Å². The van der Waals surface area contributed by atoms with Gasteiger partial charge in [-0.2, -0.15) is 0 Å². The van der Waals surface area contributed by atoms with Crippen molar-refractivity contribution >= 4 is 11.1 Å². The lowest BCUT2D eigenvalue weighted by Gasteiger charge is -1.70. The summed E-state index contributed by atoms with van der Waals surface area (Å²) in [4.78, 5) is 0. The van der Waals surface area contributed by atoms with Crippen molar-refractivity contribution in [3.05, 3.63) is 0 Å². The third-order valence-electron chi connectivity index (χ3n) is 0.0933. The first kappa shape index (κ1) is 5.04. The van der Waals surface area contributed by atoms with Crippen LogP contribution in [0.4, 0.5) is 4.39 Å². The van der Waals surface area contributed by atoms with Crippen LogP contribution in [0, 0.1) is 0 Å². The van der Waals surface area contributed by atoms with Gasteiger partial charge in [0.15, 0.2) is 17.1 Å². The first-order valence-corrected chi connectivity index (χ1v) is 2.18. The van der Waals surface area contributed by atoms with E-state index in [1.165, 1.54) is 0 Å². The molecule has 1 atom stereocenters. The van der Waals surface area contributed by atoms with Gasteiger partial charge in [0.2, 0.25) is 0 Å². The van der Waals surface area contributed by atoms with Crippen LogP contribution in [0.2, 0.25) is 0 Å². The minimum Gasteiger partial charge on any atom is -0.304 e. The van der Waals surface area contributed by atoms with Gasteiger partial charge in [-0.25, -0.2) is 8.60 Å². The zero-order chi connectivity index (χ0) is 4.28. The maximum atomic E-state index is 10.6. The van der Waals surface area contributed by atoms with Gasteiger partial charge in [-0.15, -0.1) is 0 Å². The fraction of sp³-hybridized carbons (Fsp3) is 1.00. The average molecular weight is 98.1 g/mol. The number of hydrogen-bond acceptors (Lipinski definition) is 1. The van der Waals surface area contributed by atoms with Gasteiger partial charge in [0.25, 0.3) is 0 Å². The third kappa shape index (κ3) is 4.04. The fourth-order valence-corrected chi connectivity index (χ4v) is 0. The highest BCUT2D eigenvalue weighted by Crippen LogP contribution is 1.68. The average Bonchev–Trinajstić information content (AvgIpc) is 1.38. The van der Waals surface area contributed by atoms with Crippen LogP contribution in [0.5, 0.6) is 0 Å². The van der Waals surface area contributed by atoms with Crippen LogP contribution >= 0.6 is 0 Å². The molecule has 0 heterocycles. The second kappa shape index (κ2) is 2.29. The fourth-order valence-electron chi connectivity index (χ4n) is 0. The molecule has 0 aliphatic carbocycles. The van der Waals surface area contributed by atoms with E-state index in [1.807, 2.05) is 0 Å². The minimum atomic E-state index is -2.24. The Labute approximate surface area is 31.3 Å². The van der Waals surface area contributed by atoms with Crippen LogP contribution in [0.25, 0.3) is 0 Å². The molecule has 0 rings (SSSR count). The lowest BCUT2D eigenvalue weighted by molar-refractivity contribution is 0.512. The molecule has 2 nitrogen and oxygen atoms in total. The largest absolute Gasteiger partial charge is 0.304 e. The van der Waals surface area contributed by atoms with Crippen LogP contribution < -0.4 is 0 Å². The number of alkyl halides is 1. The Kier molecular flexibility index (Phi) is 2.31. The van der Waals surface area contributed by atoms with Gasteiger partial charge in [0, 0.05) is 0 Å². The predicted molar refractivity (Wildman–Crippen MR) is 16.7 cm³/mol. The zero-order valence-electron chi connectivity index (χ0n) is 2.35. The molecule has 32 valence electrons. The molecule has 4 heteroatoms. The lowest BCUT2D eigenvalue weighted by Crippen LogP contribution is -1.83. The molecule has 0 saturated carbocycles. The summed E-state index contributed by atoms with van der Waals surface area (Å²) in [5, 5.41) is 0. The maximum Gasteiger partial charge on any atom is 0.190 e. The lowest BCUT2D eigenvalue weighted by atomic mass is 11.8. The Bertz CT molecular complexity index is 44.9. The molecule has 0 aromatic rings. The predicted octanol–water partition coefficient (Wildman–Crippen LogP) is 0.135. The molecule has 0 aliphatic rings. The van der Waals surface area contributed by atoms with Crippen molar-refractivity contribution in [2.24, 2.45) is 0 Å². The molecule has 0 fully saturated rings. The zero-order valence-corrected chi connectivity index (χ0v) is 3.17. The second-order valence-electron chi connectivity index (χ2n) is 0.431. The van der Waals surface area contributed by atoms with Gasteiger partial charge < -0.3 is 4.55 Å². The number of hydrogen-bond donors (Lipinski definition) is 1. The Morgan fingerprint density at radius 3 is 2.20 bits per heavy atom. The molecule has 1 unspecified atom stereocenters. The van der Waals surface area contributed by atoms with E-state index in [1.54, 1.807) is 0 Å². The van der Waals surface area contributed by atoms with E-state index in [4.69, 9.17) is 8.76 Å². The molecule has 1 N–H and O–H groups in total. The normalized spacial score (nSPS) is 14.8. The highest BCUT2D eigenvalue weighted by Gasteiger charge is 1.80. The molecule has 0 aromatic heterocycles. The van der Waals surface area contributed by atoms with E-state index >= 15 is 0 Å². The highest BCUT2D eigenvalue weighted by molar-refractivity contribution is 7.79. The summed E-state index contributed by atoms with van der Waals surface area (Å²) in [5.41, 5.74) is 0. The molecular weight excluding hydrogens is 95.1 g/mol. The topological polar surface area (TPSA) is 37.3 Å². The Morgan fingerprint density at radius 2 is 2.20 bits per heavy atom. The molecule has 0 aliphatic heterocycles.